The minimum absolute atomic E-state index is 0.0221. The fraction of sp³-hybridized carbons (Fsp3) is 0.294. The number of rotatable bonds is 4. The van der Waals surface area contributed by atoms with E-state index in [1.165, 1.54) is 4.31 Å². The monoisotopic (exact) mass is 351 g/mol. The lowest BCUT2D eigenvalue weighted by Crippen LogP contribution is -2.42. The Morgan fingerprint density at radius 3 is 2.48 bits per heavy atom. The number of hydrogen-bond acceptors (Lipinski definition) is 3. The molecule has 1 unspecified atom stereocenters. The molecule has 0 bridgehead atoms. The van der Waals surface area contributed by atoms with Crippen LogP contribution in [0.3, 0.4) is 0 Å². The Morgan fingerprint density at radius 2 is 1.78 bits per heavy atom. The van der Waals surface area contributed by atoms with E-state index in [2.05, 4.69) is 0 Å². The summed E-state index contributed by atoms with van der Waals surface area (Å²) in [6.07, 6.45) is -0.218. The highest BCUT2D eigenvalue weighted by atomic mass is 35.5. The van der Waals surface area contributed by atoms with Gasteiger partial charge in [0.2, 0.25) is 10.0 Å². The first-order valence-corrected chi connectivity index (χ1v) is 9.42. The number of hydrogen-bond donors (Lipinski definition) is 0. The van der Waals surface area contributed by atoms with Gasteiger partial charge in [-0.2, -0.15) is 4.31 Å². The van der Waals surface area contributed by atoms with Gasteiger partial charge >= 0.3 is 0 Å². The zero-order chi connectivity index (χ0) is 16.3. The van der Waals surface area contributed by atoms with Crippen LogP contribution in [0, 0.1) is 0 Å². The van der Waals surface area contributed by atoms with Crippen molar-refractivity contribution < 1.29 is 13.2 Å². The third-order valence-corrected chi connectivity index (χ3v) is 5.92. The van der Waals surface area contributed by atoms with E-state index in [9.17, 15) is 8.42 Å². The Morgan fingerprint density at radius 1 is 1.09 bits per heavy atom. The van der Waals surface area contributed by atoms with E-state index in [0.29, 0.717) is 24.7 Å². The first-order valence-electron chi connectivity index (χ1n) is 7.43. The predicted molar refractivity (Wildman–Crippen MR) is 90.8 cm³/mol. The molecule has 2 aromatic rings. The van der Waals surface area contributed by atoms with Gasteiger partial charge in [-0.1, -0.05) is 54.1 Å². The normalized spacial score (nSPS) is 19.6. The van der Waals surface area contributed by atoms with E-state index in [0.717, 1.165) is 11.1 Å². The van der Waals surface area contributed by atoms with Gasteiger partial charge < -0.3 is 4.74 Å². The molecule has 1 atom stereocenters. The minimum atomic E-state index is -3.38. The number of nitrogens with zero attached hydrogens (tertiary/aromatic N) is 1. The number of benzene rings is 2. The van der Waals surface area contributed by atoms with Gasteiger partial charge in [-0.15, -0.1) is 0 Å². The molecular formula is C17H18ClNO3S. The fourth-order valence-electron chi connectivity index (χ4n) is 2.63. The number of morpholine rings is 1. The first-order chi connectivity index (χ1) is 11.0. The molecule has 1 saturated heterocycles. The fourth-order valence-corrected chi connectivity index (χ4v) is 4.27. The van der Waals surface area contributed by atoms with Crippen molar-refractivity contribution in [2.45, 2.75) is 11.9 Å². The number of halogens is 1. The Hall–Kier alpha value is -1.40. The zero-order valence-electron chi connectivity index (χ0n) is 12.6. The van der Waals surface area contributed by atoms with Gasteiger partial charge in [-0.25, -0.2) is 8.42 Å². The summed E-state index contributed by atoms with van der Waals surface area (Å²) in [6, 6.07) is 16.6. The molecule has 0 N–H and O–H groups in total. The average Bonchev–Trinajstić information content (AvgIpc) is 2.58. The third-order valence-electron chi connectivity index (χ3n) is 3.86. The lowest BCUT2D eigenvalue weighted by atomic mass is 10.1. The summed E-state index contributed by atoms with van der Waals surface area (Å²) in [4.78, 5) is 0. The van der Waals surface area contributed by atoms with Crippen LogP contribution < -0.4 is 0 Å². The lowest BCUT2D eigenvalue weighted by Gasteiger charge is -2.32. The van der Waals surface area contributed by atoms with E-state index in [4.69, 9.17) is 16.3 Å². The number of ether oxygens (including phenoxy) is 1. The van der Waals surface area contributed by atoms with Gasteiger partial charge in [0.05, 0.1) is 18.5 Å². The van der Waals surface area contributed by atoms with Crippen LogP contribution in [0.4, 0.5) is 0 Å². The molecule has 1 fully saturated rings. The molecule has 0 amide bonds. The smallest absolute Gasteiger partial charge is 0.218 e. The Bertz CT molecular complexity index is 747. The highest BCUT2D eigenvalue weighted by molar-refractivity contribution is 7.88. The maximum absolute atomic E-state index is 12.7. The number of sulfonamides is 1. The molecule has 0 aliphatic carbocycles. The summed E-state index contributed by atoms with van der Waals surface area (Å²) in [5.41, 5.74) is 1.73. The molecule has 0 saturated carbocycles. The Labute approximate surface area is 141 Å². The van der Waals surface area contributed by atoms with Gasteiger partial charge in [-0.3, -0.25) is 0 Å². The van der Waals surface area contributed by atoms with Crippen LogP contribution in [-0.4, -0.2) is 32.4 Å². The molecule has 122 valence electrons. The molecule has 23 heavy (non-hydrogen) atoms. The molecule has 6 heteroatoms. The van der Waals surface area contributed by atoms with Crippen LogP contribution >= 0.6 is 11.6 Å². The predicted octanol–water partition coefficient (Wildman–Crippen LogP) is 3.24. The summed E-state index contributed by atoms with van der Waals surface area (Å²) >= 11 is 5.84. The summed E-state index contributed by atoms with van der Waals surface area (Å²) in [5.74, 6) is -0.0221. The third kappa shape index (κ3) is 4.12. The highest BCUT2D eigenvalue weighted by Gasteiger charge is 2.30. The van der Waals surface area contributed by atoms with E-state index >= 15 is 0 Å². The first kappa shape index (κ1) is 16.5. The average molecular weight is 352 g/mol. The molecule has 2 aromatic carbocycles. The van der Waals surface area contributed by atoms with Crippen molar-refractivity contribution in [1.29, 1.82) is 0 Å². The summed E-state index contributed by atoms with van der Waals surface area (Å²) in [6.45, 7) is 1.14. The van der Waals surface area contributed by atoms with Crippen molar-refractivity contribution in [2.24, 2.45) is 0 Å². The quantitative estimate of drug-likeness (QED) is 0.849. The second kappa shape index (κ2) is 7.01. The maximum Gasteiger partial charge on any atom is 0.218 e. The van der Waals surface area contributed by atoms with Crippen molar-refractivity contribution in [3.8, 4) is 0 Å². The molecule has 1 aliphatic rings. The zero-order valence-corrected chi connectivity index (χ0v) is 14.1. The van der Waals surface area contributed by atoms with Gasteiger partial charge in [0.1, 0.15) is 0 Å². The summed E-state index contributed by atoms with van der Waals surface area (Å²) < 4.78 is 32.6. The lowest BCUT2D eigenvalue weighted by molar-refractivity contribution is -0.00260. The van der Waals surface area contributed by atoms with Crippen LogP contribution in [0.1, 0.15) is 17.2 Å². The van der Waals surface area contributed by atoms with Gasteiger partial charge in [0.15, 0.2) is 0 Å². The van der Waals surface area contributed by atoms with Gasteiger partial charge in [0.25, 0.3) is 0 Å². The molecule has 1 heterocycles. The van der Waals surface area contributed by atoms with Crippen molar-refractivity contribution in [2.75, 3.05) is 19.7 Å². The summed E-state index contributed by atoms with van der Waals surface area (Å²) in [7, 11) is -3.38. The van der Waals surface area contributed by atoms with Crippen LogP contribution in [-0.2, 0) is 20.5 Å². The molecular weight excluding hydrogens is 334 g/mol. The second-order valence-corrected chi connectivity index (χ2v) is 7.92. The van der Waals surface area contributed by atoms with E-state index < -0.39 is 10.0 Å². The molecule has 0 aromatic heterocycles. The highest BCUT2D eigenvalue weighted by Crippen LogP contribution is 2.25. The van der Waals surface area contributed by atoms with Gasteiger partial charge in [0, 0.05) is 18.1 Å². The van der Waals surface area contributed by atoms with E-state index in [1.54, 1.807) is 24.3 Å². The van der Waals surface area contributed by atoms with Crippen LogP contribution in [0.15, 0.2) is 54.6 Å². The van der Waals surface area contributed by atoms with Crippen molar-refractivity contribution in [1.82, 2.24) is 4.31 Å². The molecule has 4 nitrogen and oxygen atoms in total. The van der Waals surface area contributed by atoms with E-state index in [1.807, 2.05) is 30.3 Å². The minimum Gasteiger partial charge on any atom is -0.371 e. The molecule has 3 rings (SSSR count). The Kier molecular flexibility index (Phi) is 5.02. The van der Waals surface area contributed by atoms with Crippen molar-refractivity contribution >= 4 is 21.6 Å². The SMILES string of the molecule is O=S(=O)(Cc1ccc(Cl)cc1)N1CCOC(c2ccccc2)C1. The van der Waals surface area contributed by atoms with Gasteiger partial charge in [-0.05, 0) is 23.3 Å². The molecule has 0 radical (unpaired) electrons. The standard InChI is InChI=1S/C17H18ClNO3S/c18-16-8-6-14(7-9-16)13-23(20,21)19-10-11-22-17(12-19)15-4-2-1-3-5-15/h1-9,17H,10-13H2. The second-order valence-electron chi connectivity index (χ2n) is 5.51. The molecule has 1 aliphatic heterocycles. The summed E-state index contributed by atoms with van der Waals surface area (Å²) in [5, 5.41) is 0.599. The largest absolute Gasteiger partial charge is 0.371 e. The molecule has 0 spiro atoms. The van der Waals surface area contributed by atoms with Crippen LogP contribution in [0.2, 0.25) is 5.02 Å². The van der Waals surface area contributed by atoms with E-state index in [-0.39, 0.29) is 11.9 Å². The van der Waals surface area contributed by atoms with Crippen LogP contribution in [0.5, 0.6) is 0 Å². The Balaban J connectivity index is 1.73. The maximum atomic E-state index is 12.7. The van der Waals surface area contributed by atoms with Crippen molar-refractivity contribution in [3.05, 3.63) is 70.7 Å². The topological polar surface area (TPSA) is 46.6 Å². The van der Waals surface area contributed by atoms with Crippen LogP contribution in [0.25, 0.3) is 0 Å². The van der Waals surface area contributed by atoms with Crippen molar-refractivity contribution in [3.63, 3.8) is 0 Å².